The zero-order chi connectivity index (χ0) is 13.4. The molecule has 100 valence electrons. The molecule has 0 spiro atoms. The molecular formula is C11H20BrNO4. The van der Waals surface area contributed by atoms with Gasteiger partial charge in [-0.1, -0.05) is 29.8 Å². The van der Waals surface area contributed by atoms with Crippen molar-refractivity contribution in [2.75, 3.05) is 13.2 Å². The highest BCUT2D eigenvalue weighted by atomic mass is 79.9. The average Bonchev–Trinajstić information content (AvgIpc) is 2.25. The number of amides is 1. The number of halogens is 1. The molecule has 0 aliphatic heterocycles. The fourth-order valence-corrected chi connectivity index (χ4v) is 1.53. The number of ether oxygens (including phenoxy) is 2. The molecule has 5 nitrogen and oxygen atoms in total. The molecule has 0 saturated carbocycles. The predicted molar refractivity (Wildman–Crippen MR) is 68.1 cm³/mol. The van der Waals surface area contributed by atoms with Crippen molar-refractivity contribution >= 4 is 28.0 Å². The van der Waals surface area contributed by atoms with Crippen LogP contribution in [-0.2, 0) is 14.3 Å². The van der Waals surface area contributed by atoms with Gasteiger partial charge in [0.2, 0.25) is 0 Å². The van der Waals surface area contributed by atoms with Crippen molar-refractivity contribution in [1.29, 1.82) is 0 Å². The number of hydrogen-bond donors (Lipinski definition) is 1. The van der Waals surface area contributed by atoms with E-state index in [1.54, 1.807) is 13.8 Å². The third-order valence-corrected chi connectivity index (χ3v) is 3.63. The van der Waals surface area contributed by atoms with Gasteiger partial charge in [-0.05, 0) is 19.8 Å². The van der Waals surface area contributed by atoms with Crippen molar-refractivity contribution < 1.29 is 19.1 Å². The van der Waals surface area contributed by atoms with Crippen LogP contribution in [0, 0.1) is 5.92 Å². The molecule has 0 aliphatic rings. The fourth-order valence-electron chi connectivity index (χ4n) is 1.19. The number of nitrogens with one attached hydrogen (secondary N) is 1. The molecule has 1 N–H and O–H groups in total. The van der Waals surface area contributed by atoms with Crippen LogP contribution in [0.15, 0.2) is 0 Å². The summed E-state index contributed by atoms with van der Waals surface area (Å²) >= 11 is 3.39. The Hall–Kier alpha value is -0.780. The molecule has 0 aliphatic carbocycles. The van der Waals surface area contributed by atoms with Crippen molar-refractivity contribution in [3.63, 3.8) is 0 Å². The lowest BCUT2D eigenvalue weighted by molar-refractivity contribution is -0.145. The van der Waals surface area contributed by atoms with E-state index in [1.807, 2.05) is 13.8 Å². The Balaban J connectivity index is 4.61. The van der Waals surface area contributed by atoms with Gasteiger partial charge >= 0.3 is 12.1 Å². The van der Waals surface area contributed by atoms with Crippen molar-refractivity contribution in [3.05, 3.63) is 0 Å². The SMILES string of the molecule is CCOC(=O)N[C@H](C(=O)OCC)[C@@H](Br)C(C)C. The number of alkyl halides is 1. The highest BCUT2D eigenvalue weighted by Crippen LogP contribution is 2.17. The van der Waals surface area contributed by atoms with E-state index in [0.29, 0.717) is 0 Å². The summed E-state index contributed by atoms with van der Waals surface area (Å²) in [4.78, 5) is 22.8. The monoisotopic (exact) mass is 309 g/mol. The Bertz CT molecular complexity index is 258. The molecule has 0 aromatic heterocycles. The number of rotatable bonds is 6. The van der Waals surface area contributed by atoms with Gasteiger partial charge < -0.3 is 14.8 Å². The van der Waals surface area contributed by atoms with E-state index in [0.717, 1.165) is 0 Å². The van der Waals surface area contributed by atoms with Crippen molar-refractivity contribution in [3.8, 4) is 0 Å². The van der Waals surface area contributed by atoms with Gasteiger partial charge in [0.25, 0.3) is 0 Å². The van der Waals surface area contributed by atoms with Crippen LogP contribution >= 0.6 is 15.9 Å². The van der Waals surface area contributed by atoms with Gasteiger partial charge in [0.1, 0.15) is 6.04 Å². The number of carbonyl (C=O) groups is 2. The normalized spacial score (nSPS) is 14.0. The lowest BCUT2D eigenvalue weighted by atomic mass is 10.0. The van der Waals surface area contributed by atoms with E-state index < -0.39 is 18.1 Å². The molecule has 0 aromatic carbocycles. The summed E-state index contributed by atoms with van der Waals surface area (Å²) < 4.78 is 9.67. The maximum absolute atomic E-state index is 11.7. The van der Waals surface area contributed by atoms with Crippen LogP contribution in [0.25, 0.3) is 0 Å². The molecular weight excluding hydrogens is 290 g/mol. The molecule has 17 heavy (non-hydrogen) atoms. The molecule has 0 fully saturated rings. The second-order valence-electron chi connectivity index (χ2n) is 3.78. The van der Waals surface area contributed by atoms with Gasteiger partial charge in [-0.15, -0.1) is 0 Å². The minimum Gasteiger partial charge on any atom is -0.464 e. The Morgan fingerprint density at radius 1 is 1.18 bits per heavy atom. The molecule has 0 aromatic rings. The molecule has 0 rings (SSSR count). The van der Waals surface area contributed by atoms with E-state index in [2.05, 4.69) is 21.2 Å². The summed E-state index contributed by atoms with van der Waals surface area (Å²) in [7, 11) is 0. The second-order valence-corrected chi connectivity index (χ2v) is 4.84. The first-order chi connectivity index (χ1) is 7.93. The van der Waals surface area contributed by atoms with Crippen LogP contribution in [0.3, 0.4) is 0 Å². The molecule has 0 heterocycles. The zero-order valence-corrected chi connectivity index (χ0v) is 12.2. The van der Waals surface area contributed by atoms with E-state index >= 15 is 0 Å². The molecule has 0 saturated heterocycles. The second kappa shape index (κ2) is 8.33. The fraction of sp³-hybridized carbons (Fsp3) is 0.818. The Kier molecular flexibility index (Phi) is 7.95. The number of carbonyl (C=O) groups excluding carboxylic acids is 2. The first-order valence-corrected chi connectivity index (χ1v) is 6.59. The van der Waals surface area contributed by atoms with Crippen LogP contribution in [0.2, 0.25) is 0 Å². The Morgan fingerprint density at radius 3 is 2.12 bits per heavy atom. The van der Waals surface area contributed by atoms with Crippen LogP contribution in [-0.4, -0.2) is 36.1 Å². The van der Waals surface area contributed by atoms with Crippen molar-refractivity contribution in [1.82, 2.24) is 5.32 Å². The largest absolute Gasteiger partial charge is 0.464 e. The molecule has 0 radical (unpaired) electrons. The maximum Gasteiger partial charge on any atom is 0.407 e. The summed E-state index contributed by atoms with van der Waals surface area (Å²) in [6, 6.07) is -0.742. The molecule has 0 unspecified atom stereocenters. The van der Waals surface area contributed by atoms with Gasteiger partial charge in [-0.2, -0.15) is 0 Å². The zero-order valence-electron chi connectivity index (χ0n) is 10.7. The van der Waals surface area contributed by atoms with Gasteiger partial charge in [-0.3, -0.25) is 0 Å². The Morgan fingerprint density at radius 2 is 1.71 bits per heavy atom. The summed E-state index contributed by atoms with van der Waals surface area (Å²) in [6.07, 6.45) is -0.615. The van der Waals surface area contributed by atoms with Gasteiger partial charge in [-0.25, -0.2) is 9.59 Å². The lowest BCUT2D eigenvalue weighted by Crippen LogP contribution is -2.49. The number of esters is 1. The quantitative estimate of drug-likeness (QED) is 0.602. The molecule has 1 amide bonds. The summed E-state index contributed by atoms with van der Waals surface area (Å²) in [6.45, 7) is 7.84. The standard InChI is InChI=1S/C11H20BrNO4/c1-5-16-10(14)9(8(12)7(3)4)13-11(15)17-6-2/h7-9H,5-6H2,1-4H3,(H,13,15)/t8-,9-/m0/s1. The maximum atomic E-state index is 11.7. The van der Waals surface area contributed by atoms with Crippen LogP contribution in [0.4, 0.5) is 4.79 Å². The topological polar surface area (TPSA) is 64.6 Å². The highest BCUT2D eigenvalue weighted by Gasteiger charge is 2.31. The van der Waals surface area contributed by atoms with E-state index in [9.17, 15) is 9.59 Å². The predicted octanol–water partition coefficient (Wildman–Crippen LogP) is 2.08. The van der Waals surface area contributed by atoms with E-state index in [1.165, 1.54) is 0 Å². The molecule has 2 atom stereocenters. The van der Waals surface area contributed by atoms with Crippen molar-refractivity contribution in [2.24, 2.45) is 5.92 Å². The van der Waals surface area contributed by atoms with Crippen LogP contribution in [0.1, 0.15) is 27.7 Å². The first kappa shape index (κ1) is 16.2. The molecule has 6 heteroatoms. The van der Waals surface area contributed by atoms with Gasteiger partial charge in [0.05, 0.1) is 13.2 Å². The van der Waals surface area contributed by atoms with Crippen LogP contribution < -0.4 is 5.32 Å². The minimum atomic E-state index is -0.742. The summed E-state index contributed by atoms with van der Waals surface area (Å²) in [5, 5.41) is 2.50. The smallest absolute Gasteiger partial charge is 0.407 e. The third kappa shape index (κ3) is 5.91. The molecule has 0 bridgehead atoms. The summed E-state index contributed by atoms with van der Waals surface area (Å²) in [5.41, 5.74) is 0. The third-order valence-electron chi connectivity index (χ3n) is 2.04. The minimum absolute atomic E-state index is 0.173. The van der Waals surface area contributed by atoms with E-state index in [4.69, 9.17) is 9.47 Å². The highest BCUT2D eigenvalue weighted by molar-refractivity contribution is 9.09. The average molecular weight is 310 g/mol. The summed E-state index contributed by atoms with van der Waals surface area (Å²) in [5.74, 6) is -0.289. The van der Waals surface area contributed by atoms with E-state index in [-0.39, 0.29) is 24.0 Å². The van der Waals surface area contributed by atoms with Gasteiger partial charge in [0, 0.05) is 4.83 Å². The first-order valence-electron chi connectivity index (χ1n) is 5.67. The van der Waals surface area contributed by atoms with Crippen molar-refractivity contribution in [2.45, 2.75) is 38.6 Å². The number of hydrogen-bond acceptors (Lipinski definition) is 4. The Labute approximate surface area is 110 Å². The lowest BCUT2D eigenvalue weighted by Gasteiger charge is -2.24. The number of alkyl carbamates (subject to hydrolysis) is 1. The van der Waals surface area contributed by atoms with Gasteiger partial charge in [0.15, 0.2) is 0 Å². The van der Waals surface area contributed by atoms with Crippen LogP contribution in [0.5, 0.6) is 0 Å².